The second-order valence-corrected chi connectivity index (χ2v) is 9.64. The van der Waals surface area contributed by atoms with Gasteiger partial charge in [0.05, 0.1) is 22.4 Å². The zero-order chi connectivity index (χ0) is 25.2. The van der Waals surface area contributed by atoms with E-state index in [-0.39, 0.29) is 4.30 Å². The number of nitrogens with zero attached hydrogens (tertiary/aromatic N) is 2. The minimum atomic E-state index is 0.167. The van der Waals surface area contributed by atoms with Crippen LogP contribution < -0.4 is 0 Å². The van der Waals surface area contributed by atoms with Gasteiger partial charge in [-0.25, -0.2) is 9.97 Å². The summed E-state index contributed by atoms with van der Waals surface area (Å²) in [4.78, 5) is 18.7. The molecule has 4 aromatic carbocycles. The van der Waals surface area contributed by atoms with Gasteiger partial charge in [-0.1, -0.05) is 109 Å². The van der Waals surface area contributed by atoms with Crippen molar-refractivity contribution in [1.29, 1.82) is 0 Å². The maximum Gasteiger partial charge on any atom is 0.0709 e. The molecule has 178 valence electrons. The number of carbonyl (C=O) groups excluding carboxylic acids is 1. The first-order valence-corrected chi connectivity index (χ1v) is 12.8. The van der Waals surface area contributed by atoms with Crippen molar-refractivity contribution < 1.29 is 23.7 Å². The topological polar surface area (TPSA) is 42.9 Å². The van der Waals surface area contributed by atoms with Gasteiger partial charge in [-0.2, -0.15) is 0 Å². The van der Waals surface area contributed by atoms with Crippen molar-refractivity contribution in [3.63, 3.8) is 0 Å². The minimum Gasteiger partial charge on any atom is -0.248 e. The predicted octanol–water partition coefficient (Wildman–Crippen LogP) is 7.88. The minimum absolute atomic E-state index is 0.167. The van der Waals surface area contributed by atoms with Crippen molar-refractivity contribution in [2.24, 2.45) is 0 Å². The summed E-state index contributed by atoms with van der Waals surface area (Å²) in [7, 11) is 0. The molecule has 6 aromatic rings. The van der Waals surface area contributed by atoms with Gasteiger partial charge in [0.1, 0.15) is 0 Å². The van der Waals surface area contributed by atoms with Crippen LogP contribution in [0.1, 0.15) is 6.92 Å². The second kappa shape index (κ2) is 12.6. The molecule has 0 aliphatic rings. The molecular formula is C32H25IrN2O. The number of para-hydroxylation sites is 2. The Bertz CT molecular complexity index is 1450. The number of carbonyl (C=O) groups is 1. The Hall–Kier alpha value is -3.98. The summed E-state index contributed by atoms with van der Waals surface area (Å²) in [5, 5.41) is 2.37. The molecule has 3 nitrogen and oxygen atoms in total. The Labute approximate surface area is 222 Å². The van der Waals surface area contributed by atoms with Crippen LogP contribution in [0.3, 0.4) is 0 Å². The largest absolute Gasteiger partial charge is 0.248 e. The molecule has 0 unspecified atom stereocenters. The summed E-state index contributed by atoms with van der Waals surface area (Å²) in [5.74, 6) is 0. The van der Waals surface area contributed by atoms with Crippen LogP contribution in [-0.4, -0.2) is 14.3 Å². The molecule has 0 aliphatic carbocycles. The third-order valence-electron chi connectivity index (χ3n) is 5.34. The smallest absolute Gasteiger partial charge is 0.0709 e. The van der Waals surface area contributed by atoms with E-state index < -0.39 is 0 Å². The fourth-order valence-corrected chi connectivity index (χ4v) is 3.67. The summed E-state index contributed by atoms with van der Waals surface area (Å²) in [6, 6.07) is 45.2. The molecule has 2 aromatic heterocycles. The second-order valence-electron chi connectivity index (χ2n) is 7.95. The van der Waals surface area contributed by atoms with Gasteiger partial charge in [-0.15, -0.1) is 0 Å². The van der Waals surface area contributed by atoms with Gasteiger partial charge in [-0.05, 0) is 24.3 Å². The number of hydrogen-bond acceptors (Lipinski definition) is 3. The molecule has 0 radical (unpaired) electrons. The maximum absolute atomic E-state index is 9.44. The van der Waals surface area contributed by atoms with Crippen molar-refractivity contribution in [3.8, 4) is 22.5 Å². The van der Waals surface area contributed by atoms with E-state index >= 15 is 0 Å². The van der Waals surface area contributed by atoms with Gasteiger partial charge in [-0.3, -0.25) is 0 Å². The van der Waals surface area contributed by atoms with E-state index in [1.54, 1.807) is 0 Å². The van der Waals surface area contributed by atoms with E-state index in [2.05, 4.69) is 70.6 Å². The molecule has 0 atom stereocenters. The molecule has 2 heterocycles. The number of benzene rings is 4. The van der Waals surface area contributed by atoms with E-state index in [4.69, 9.17) is 0 Å². The van der Waals surface area contributed by atoms with E-state index in [0.717, 1.165) is 33.5 Å². The Morgan fingerprint density at radius 1 is 0.500 bits per heavy atom. The first kappa shape index (κ1) is 25.1. The zero-order valence-electron chi connectivity index (χ0n) is 19.8. The van der Waals surface area contributed by atoms with E-state index in [1.165, 1.54) is 36.6 Å². The van der Waals surface area contributed by atoms with Crippen molar-refractivity contribution in [2.45, 2.75) is 6.92 Å². The predicted molar refractivity (Wildman–Crippen MR) is 145 cm³/mol. The van der Waals surface area contributed by atoms with Gasteiger partial charge in [0.25, 0.3) is 0 Å². The van der Waals surface area contributed by atoms with Crippen LogP contribution in [0, 0.1) is 0 Å². The molecule has 36 heavy (non-hydrogen) atoms. The van der Waals surface area contributed by atoms with Crippen LogP contribution in [0.2, 0.25) is 0 Å². The van der Waals surface area contributed by atoms with Crippen molar-refractivity contribution in [1.82, 2.24) is 9.97 Å². The zero-order valence-corrected chi connectivity index (χ0v) is 22.2. The first-order chi connectivity index (χ1) is 17.6. The molecule has 0 fully saturated rings. The van der Waals surface area contributed by atoms with Crippen molar-refractivity contribution in [2.75, 3.05) is 0 Å². The molecule has 6 rings (SSSR count). The van der Waals surface area contributed by atoms with Crippen LogP contribution >= 0.6 is 0 Å². The standard InChI is InChI=1S/2C15H11N.C2H3O.Ir/c2*1-2-6-12(7-3-1)15-11-10-13-8-4-5-9-14(13)16-15;1-2-3;/h2*1-11H;1H3;. The van der Waals surface area contributed by atoms with Crippen LogP contribution in [0.25, 0.3) is 44.3 Å². The molecule has 0 saturated carbocycles. The van der Waals surface area contributed by atoms with E-state index in [9.17, 15) is 4.79 Å². The first-order valence-electron chi connectivity index (χ1n) is 11.6. The number of aromatic nitrogens is 2. The summed E-state index contributed by atoms with van der Waals surface area (Å²) in [6.07, 6.45) is 0. The number of hydrogen-bond donors (Lipinski definition) is 0. The van der Waals surface area contributed by atoms with Gasteiger partial charge in [0.15, 0.2) is 0 Å². The summed E-state index contributed by atoms with van der Waals surface area (Å²) in [6.45, 7) is 1.53. The number of fused-ring (bicyclic) bond motifs is 2. The van der Waals surface area contributed by atoms with Crippen LogP contribution in [0.5, 0.6) is 0 Å². The molecule has 0 bridgehead atoms. The average Bonchev–Trinajstić information content (AvgIpc) is 2.93. The summed E-state index contributed by atoms with van der Waals surface area (Å²) in [5.41, 5.74) is 6.47. The average molecular weight is 646 g/mol. The SMILES string of the molecule is C[C](=O)[Ir].c1ccc(-c2ccc3ccccc3n2)cc1.c1ccc(-c2ccc3ccccc3n2)cc1. The van der Waals surface area contributed by atoms with Crippen molar-refractivity contribution in [3.05, 3.63) is 133 Å². The number of pyridine rings is 2. The quantitative estimate of drug-likeness (QED) is 0.193. The van der Waals surface area contributed by atoms with Crippen molar-refractivity contribution >= 4 is 26.1 Å². The Balaban J connectivity index is 0.000000148. The number of rotatable bonds is 2. The van der Waals surface area contributed by atoms with Gasteiger partial charge >= 0.3 is 34.9 Å². The van der Waals surface area contributed by atoms with Gasteiger partial charge in [0.2, 0.25) is 0 Å². The molecule has 0 spiro atoms. The summed E-state index contributed by atoms with van der Waals surface area (Å²) >= 11 is 1.53. The molecule has 0 aliphatic heterocycles. The molecule has 0 N–H and O–H groups in total. The molecule has 0 saturated heterocycles. The van der Waals surface area contributed by atoms with Gasteiger partial charge < -0.3 is 0 Å². The van der Waals surface area contributed by atoms with Crippen LogP contribution in [-0.2, 0) is 23.7 Å². The van der Waals surface area contributed by atoms with E-state index in [1.807, 2.05) is 72.8 Å². The van der Waals surface area contributed by atoms with Gasteiger partial charge in [0, 0.05) is 21.9 Å². The molecular weight excluding hydrogens is 621 g/mol. The monoisotopic (exact) mass is 646 g/mol. The summed E-state index contributed by atoms with van der Waals surface area (Å²) < 4.78 is 0.167. The van der Waals surface area contributed by atoms with Crippen LogP contribution in [0.15, 0.2) is 133 Å². The fourth-order valence-electron chi connectivity index (χ4n) is 3.67. The third kappa shape index (κ3) is 7.02. The van der Waals surface area contributed by atoms with Crippen LogP contribution in [0.4, 0.5) is 0 Å². The van der Waals surface area contributed by atoms with E-state index in [0.29, 0.717) is 0 Å². The Kier molecular flexibility index (Phi) is 8.82. The normalized spacial score (nSPS) is 10.1. The molecule has 0 amide bonds. The third-order valence-corrected chi connectivity index (χ3v) is 5.34. The Morgan fingerprint density at radius 3 is 1.22 bits per heavy atom. The maximum atomic E-state index is 9.44. The Morgan fingerprint density at radius 2 is 0.833 bits per heavy atom. The molecule has 4 heteroatoms. The fraction of sp³-hybridized carbons (Fsp3) is 0.0312.